The fraction of sp³-hybridized carbons (Fsp3) is 0.250. The molecule has 0 atom stereocenters. The SMILES string of the molecule is Cc1ccc(N)c(-n2nc(C)c(Cl)c2C)c1. The number of hydrogen-bond acceptors (Lipinski definition) is 2. The third-order valence-electron chi connectivity index (χ3n) is 2.62. The van der Waals surface area contributed by atoms with E-state index < -0.39 is 0 Å². The highest BCUT2D eigenvalue weighted by atomic mass is 35.5. The van der Waals surface area contributed by atoms with E-state index >= 15 is 0 Å². The Balaban J connectivity index is 2.67. The van der Waals surface area contributed by atoms with Crippen molar-refractivity contribution in [2.45, 2.75) is 20.8 Å². The third kappa shape index (κ3) is 1.67. The summed E-state index contributed by atoms with van der Waals surface area (Å²) in [5.74, 6) is 0. The lowest BCUT2D eigenvalue weighted by atomic mass is 10.2. The summed E-state index contributed by atoms with van der Waals surface area (Å²) in [4.78, 5) is 0. The van der Waals surface area contributed by atoms with Gasteiger partial charge in [-0.15, -0.1) is 0 Å². The Morgan fingerprint density at radius 3 is 2.50 bits per heavy atom. The lowest BCUT2D eigenvalue weighted by Crippen LogP contribution is -2.03. The zero-order chi connectivity index (χ0) is 11.9. The van der Waals surface area contributed by atoms with E-state index in [9.17, 15) is 0 Å². The summed E-state index contributed by atoms with van der Waals surface area (Å²) >= 11 is 6.12. The van der Waals surface area contributed by atoms with Gasteiger partial charge in [0.15, 0.2) is 0 Å². The van der Waals surface area contributed by atoms with Crippen LogP contribution in [0.1, 0.15) is 17.0 Å². The minimum atomic E-state index is 0.695. The summed E-state index contributed by atoms with van der Waals surface area (Å²) < 4.78 is 1.79. The number of anilines is 1. The van der Waals surface area contributed by atoms with Gasteiger partial charge in [-0.05, 0) is 38.5 Å². The maximum atomic E-state index is 6.12. The molecule has 2 aromatic rings. The van der Waals surface area contributed by atoms with Crippen LogP contribution in [0.3, 0.4) is 0 Å². The Morgan fingerprint density at radius 2 is 1.94 bits per heavy atom. The quantitative estimate of drug-likeness (QED) is 0.773. The molecule has 0 aliphatic carbocycles. The number of nitrogen functional groups attached to an aromatic ring is 1. The van der Waals surface area contributed by atoms with Crippen molar-refractivity contribution in [3.63, 3.8) is 0 Å². The molecule has 0 radical (unpaired) electrons. The van der Waals surface area contributed by atoms with Crippen molar-refractivity contribution in [2.75, 3.05) is 5.73 Å². The number of aromatic nitrogens is 2. The lowest BCUT2D eigenvalue weighted by molar-refractivity contribution is 0.835. The van der Waals surface area contributed by atoms with Crippen LogP contribution in [0.15, 0.2) is 18.2 Å². The van der Waals surface area contributed by atoms with E-state index in [1.165, 1.54) is 0 Å². The normalized spacial score (nSPS) is 10.8. The maximum Gasteiger partial charge on any atom is 0.0881 e. The Labute approximate surface area is 99.8 Å². The van der Waals surface area contributed by atoms with Gasteiger partial charge in [0.2, 0.25) is 0 Å². The van der Waals surface area contributed by atoms with Crippen LogP contribution in [0, 0.1) is 20.8 Å². The molecule has 0 aliphatic rings. The first-order valence-corrected chi connectivity index (χ1v) is 5.46. The Hall–Kier alpha value is -1.48. The van der Waals surface area contributed by atoms with Gasteiger partial charge in [-0.3, -0.25) is 0 Å². The van der Waals surface area contributed by atoms with E-state index in [1.807, 2.05) is 39.0 Å². The summed E-state index contributed by atoms with van der Waals surface area (Å²) in [5.41, 5.74) is 10.4. The first-order valence-electron chi connectivity index (χ1n) is 5.09. The highest BCUT2D eigenvalue weighted by Crippen LogP contribution is 2.25. The van der Waals surface area contributed by atoms with Crippen LogP contribution in [-0.2, 0) is 0 Å². The van der Waals surface area contributed by atoms with E-state index in [2.05, 4.69) is 5.10 Å². The molecule has 1 aromatic heterocycles. The summed E-state index contributed by atoms with van der Waals surface area (Å²) in [6, 6.07) is 5.87. The lowest BCUT2D eigenvalue weighted by Gasteiger charge is -2.08. The van der Waals surface area contributed by atoms with Gasteiger partial charge >= 0.3 is 0 Å². The van der Waals surface area contributed by atoms with E-state index in [0.29, 0.717) is 10.7 Å². The summed E-state index contributed by atoms with van der Waals surface area (Å²) in [5, 5.41) is 5.08. The predicted octanol–water partition coefficient (Wildman–Crippen LogP) is 3.03. The predicted molar refractivity (Wildman–Crippen MR) is 67.2 cm³/mol. The van der Waals surface area contributed by atoms with Gasteiger partial charge in [-0.1, -0.05) is 17.7 Å². The summed E-state index contributed by atoms with van der Waals surface area (Å²) in [6.07, 6.45) is 0. The highest BCUT2D eigenvalue weighted by molar-refractivity contribution is 6.31. The molecule has 16 heavy (non-hydrogen) atoms. The summed E-state index contributed by atoms with van der Waals surface area (Å²) in [6.45, 7) is 5.85. The minimum Gasteiger partial charge on any atom is -0.397 e. The van der Waals surface area contributed by atoms with Crippen molar-refractivity contribution in [1.29, 1.82) is 0 Å². The maximum absolute atomic E-state index is 6.12. The molecule has 0 saturated carbocycles. The van der Waals surface area contributed by atoms with Crippen LogP contribution < -0.4 is 5.73 Å². The second-order valence-electron chi connectivity index (χ2n) is 3.96. The number of nitrogens with zero attached hydrogens (tertiary/aromatic N) is 2. The Bertz CT molecular complexity index is 543. The van der Waals surface area contributed by atoms with Crippen LogP contribution >= 0.6 is 11.6 Å². The molecule has 3 nitrogen and oxygen atoms in total. The van der Waals surface area contributed by atoms with Crippen LogP contribution in [0.4, 0.5) is 5.69 Å². The Morgan fingerprint density at radius 1 is 1.25 bits per heavy atom. The van der Waals surface area contributed by atoms with Crippen LogP contribution in [0.5, 0.6) is 0 Å². The number of aryl methyl sites for hydroxylation is 2. The van der Waals surface area contributed by atoms with E-state index in [1.54, 1.807) is 4.68 Å². The van der Waals surface area contributed by atoms with Crippen LogP contribution in [0.2, 0.25) is 5.02 Å². The second-order valence-corrected chi connectivity index (χ2v) is 4.34. The number of rotatable bonds is 1. The molecule has 2 rings (SSSR count). The third-order valence-corrected chi connectivity index (χ3v) is 3.16. The fourth-order valence-electron chi connectivity index (χ4n) is 1.70. The second kappa shape index (κ2) is 3.83. The number of nitrogens with two attached hydrogens (primary N) is 1. The average molecular weight is 236 g/mol. The molecule has 0 spiro atoms. The van der Waals surface area contributed by atoms with Gasteiger partial charge < -0.3 is 5.73 Å². The van der Waals surface area contributed by atoms with Crippen LogP contribution in [0.25, 0.3) is 5.69 Å². The van der Waals surface area contributed by atoms with Gasteiger partial charge in [0, 0.05) is 0 Å². The number of halogens is 1. The fourth-order valence-corrected chi connectivity index (χ4v) is 1.81. The van der Waals surface area contributed by atoms with Crippen molar-refractivity contribution in [1.82, 2.24) is 9.78 Å². The topological polar surface area (TPSA) is 43.8 Å². The molecule has 0 amide bonds. The molecule has 1 heterocycles. The van der Waals surface area contributed by atoms with E-state index in [0.717, 1.165) is 22.6 Å². The first-order chi connectivity index (χ1) is 7.50. The van der Waals surface area contributed by atoms with Crippen molar-refractivity contribution in [2.24, 2.45) is 0 Å². The molecular weight excluding hydrogens is 222 g/mol. The number of hydrogen-bond donors (Lipinski definition) is 1. The van der Waals surface area contributed by atoms with Crippen molar-refractivity contribution < 1.29 is 0 Å². The molecule has 0 bridgehead atoms. The zero-order valence-electron chi connectivity index (χ0n) is 9.58. The van der Waals surface area contributed by atoms with Crippen molar-refractivity contribution in [3.05, 3.63) is 40.2 Å². The summed E-state index contributed by atoms with van der Waals surface area (Å²) in [7, 11) is 0. The van der Waals surface area contributed by atoms with Crippen molar-refractivity contribution >= 4 is 17.3 Å². The van der Waals surface area contributed by atoms with Gasteiger partial charge in [-0.25, -0.2) is 4.68 Å². The number of benzene rings is 1. The van der Waals surface area contributed by atoms with Gasteiger partial charge in [0.05, 0.1) is 27.8 Å². The molecule has 0 saturated heterocycles. The molecule has 1 aromatic carbocycles. The van der Waals surface area contributed by atoms with Gasteiger partial charge in [-0.2, -0.15) is 5.10 Å². The molecule has 2 N–H and O–H groups in total. The van der Waals surface area contributed by atoms with E-state index in [4.69, 9.17) is 17.3 Å². The van der Waals surface area contributed by atoms with E-state index in [-0.39, 0.29) is 0 Å². The Kier molecular flexibility index (Phi) is 2.64. The molecular formula is C12H14ClN3. The molecule has 4 heteroatoms. The largest absolute Gasteiger partial charge is 0.397 e. The minimum absolute atomic E-state index is 0.695. The highest BCUT2D eigenvalue weighted by Gasteiger charge is 2.12. The molecule has 0 fully saturated rings. The zero-order valence-corrected chi connectivity index (χ0v) is 10.3. The first kappa shape index (κ1) is 11.0. The van der Waals surface area contributed by atoms with Crippen molar-refractivity contribution in [3.8, 4) is 5.69 Å². The average Bonchev–Trinajstić information content (AvgIpc) is 2.50. The molecule has 0 aliphatic heterocycles. The standard InChI is InChI=1S/C12H14ClN3/c1-7-4-5-10(14)11(6-7)16-9(3)12(13)8(2)15-16/h4-6H,14H2,1-3H3. The monoisotopic (exact) mass is 235 g/mol. The smallest absolute Gasteiger partial charge is 0.0881 e. The van der Waals surface area contributed by atoms with Crippen LogP contribution in [-0.4, -0.2) is 9.78 Å². The van der Waals surface area contributed by atoms with Gasteiger partial charge in [0.1, 0.15) is 0 Å². The molecule has 0 unspecified atom stereocenters. The molecule has 84 valence electrons. The van der Waals surface area contributed by atoms with Gasteiger partial charge in [0.25, 0.3) is 0 Å².